The third kappa shape index (κ3) is 6.67. The van der Waals surface area contributed by atoms with Crippen LogP contribution >= 0.6 is 0 Å². The van der Waals surface area contributed by atoms with E-state index in [9.17, 15) is 0 Å². The zero-order valence-electron chi connectivity index (χ0n) is 44.2. The molecule has 0 saturated heterocycles. The Kier molecular flexibility index (Phi) is 9.48. The van der Waals surface area contributed by atoms with Crippen molar-refractivity contribution < 1.29 is 0 Å². The van der Waals surface area contributed by atoms with Gasteiger partial charge in [0.1, 0.15) is 0 Å². The summed E-state index contributed by atoms with van der Waals surface area (Å²) in [5.74, 6) is 0.656. The number of benzene rings is 15. The summed E-state index contributed by atoms with van der Waals surface area (Å²) < 4.78 is 0. The van der Waals surface area contributed by atoms with Crippen LogP contribution in [0.25, 0.3) is 186 Å². The van der Waals surface area contributed by atoms with Crippen LogP contribution in [-0.2, 0) is 0 Å². The van der Waals surface area contributed by atoms with Gasteiger partial charge in [-0.15, -0.1) is 0 Å². The monoisotopic (exact) mass is 1040 g/mol. The Hall–Kier alpha value is -10.9. The summed E-state index contributed by atoms with van der Waals surface area (Å²) in [5, 5.41) is 20.4. The number of pyridine rings is 2. The molecule has 376 valence electrons. The van der Waals surface area contributed by atoms with E-state index in [1.54, 1.807) is 0 Å². The summed E-state index contributed by atoms with van der Waals surface area (Å²) in [6, 6.07) is 97.3. The molecular formula is C78H44N4. The summed E-state index contributed by atoms with van der Waals surface area (Å²) >= 11 is 0. The van der Waals surface area contributed by atoms with Crippen LogP contribution in [0.2, 0.25) is 0 Å². The van der Waals surface area contributed by atoms with E-state index in [1.165, 1.54) is 81.3 Å². The van der Waals surface area contributed by atoms with Crippen molar-refractivity contribution in [2.45, 2.75) is 0 Å². The molecule has 3 heterocycles. The van der Waals surface area contributed by atoms with E-state index in [0.717, 1.165) is 99.2 Å². The summed E-state index contributed by atoms with van der Waals surface area (Å²) in [6.07, 6.45) is 0. The first-order valence-corrected chi connectivity index (χ1v) is 28.1. The Balaban J connectivity index is 0.922. The molecule has 18 rings (SSSR count). The van der Waals surface area contributed by atoms with E-state index in [0.29, 0.717) is 5.82 Å². The van der Waals surface area contributed by atoms with Crippen molar-refractivity contribution in [2.75, 3.05) is 0 Å². The molecule has 15 aromatic carbocycles. The van der Waals surface area contributed by atoms with Gasteiger partial charge >= 0.3 is 0 Å². The van der Waals surface area contributed by atoms with E-state index in [1.807, 2.05) is 0 Å². The van der Waals surface area contributed by atoms with E-state index in [4.69, 9.17) is 19.9 Å². The van der Waals surface area contributed by atoms with Crippen molar-refractivity contribution in [3.05, 3.63) is 267 Å². The molecule has 0 radical (unpaired) electrons. The Morgan fingerprint density at radius 3 is 1.09 bits per heavy atom. The molecule has 4 nitrogen and oxygen atoms in total. The predicted octanol–water partition coefficient (Wildman–Crippen LogP) is 20.8. The maximum Gasteiger partial charge on any atom is 0.160 e. The lowest BCUT2D eigenvalue weighted by Gasteiger charge is -2.19. The fourth-order valence-electron chi connectivity index (χ4n) is 13.8. The van der Waals surface area contributed by atoms with Gasteiger partial charge in [-0.3, -0.25) is 0 Å². The lowest BCUT2D eigenvalue weighted by Crippen LogP contribution is -1.99. The molecule has 4 heteroatoms. The Morgan fingerprint density at radius 2 is 0.598 bits per heavy atom. The molecule has 0 aliphatic carbocycles. The Bertz CT molecular complexity index is 5550. The van der Waals surface area contributed by atoms with Crippen molar-refractivity contribution >= 4 is 119 Å². The van der Waals surface area contributed by atoms with Gasteiger partial charge in [0, 0.05) is 54.7 Å². The van der Waals surface area contributed by atoms with Crippen LogP contribution in [0.15, 0.2) is 267 Å². The highest BCUT2D eigenvalue weighted by Crippen LogP contribution is 2.47. The molecule has 0 N–H and O–H groups in total. The topological polar surface area (TPSA) is 51.6 Å². The molecule has 18 aromatic rings. The molecule has 0 unspecified atom stereocenters. The zero-order valence-corrected chi connectivity index (χ0v) is 44.2. The lowest BCUT2D eigenvalue weighted by atomic mass is 9.86. The molecule has 3 aromatic heterocycles. The summed E-state index contributed by atoms with van der Waals surface area (Å²) in [7, 11) is 0. The normalized spacial score (nSPS) is 12.1. The number of hydrogen-bond acceptors (Lipinski definition) is 4. The molecule has 0 aliphatic rings. The van der Waals surface area contributed by atoms with Crippen molar-refractivity contribution in [1.29, 1.82) is 0 Å². The smallest absolute Gasteiger partial charge is 0.160 e. The highest BCUT2D eigenvalue weighted by molar-refractivity contribution is 6.28. The highest BCUT2D eigenvalue weighted by Gasteiger charge is 2.23. The third-order valence-electron chi connectivity index (χ3n) is 17.5. The first kappa shape index (κ1) is 45.0. The average Bonchev–Trinajstić information content (AvgIpc) is 3.24. The second-order valence-electron chi connectivity index (χ2n) is 22.0. The molecular weight excluding hydrogens is 993 g/mol. The molecule has 0 saturated carbocycles. The van der Waals surface area contributed by atoms with Crippen LogP contribution in [0.3, 0.4) is 0 Å². The Morgan fingerprint density at radius 1 is 0.207 bits per heavy atom. The van der Waals surface area contributed by atoms with Crippen LogP contribution in [-0.4, -0.2) is 19.9 Å². The maximum atomic E-state index is 5.79. The minimum absolute atomic E-state index is 0.656. The number of nitrogens with zero attached hydrogens (tertiary/aromatic N) is 4. The maximum absolute atomic E-state index is 5.79. The van der Waals surface area contributed by atoms with Gasteiger partial charge in [0.05, 0.1) is 33.3 Å². The number of fused-ring (bicyclic) bond motifs is 5. The first-order chi connectivity index (χ1) is 40.6. The SMILES string of the molecule is c1cc2ccc3ccc(-c4cc(-c5ccc6ccc7cccc8ccc5c6c78)c5nc(-c6ccc(-c7c8ccccc8nc8ccccc78)cc6)nc(-c6ccc(-c7c8ccccc8nc8ccccc78)cc6)c5c4)c4ccc(c1)c2c34. The van der Waals surface area contributed by atoms with E-state index >= 15 is 0 Å². The second-order valence-corrected chi connectivity index (χ2v) is 22.0. The molecule has 0 bridgehead atoms. The van der Waals surface area contributed by atoms with Crippen LogP contribution < -0.4 is 0 Å². The van der Waals surface area contributed by atoms with Crippen LogP contribution in [0.5, 0.6) is 0 Å². The number of aromatic nitrogens is 4. The first-order valence-electron chi connectivity index (χ1n) is 28.1. The average molecular weight is 1040 g/mol. The fraction of sp³-hybridized carbons (Fsp3) is 0. The standard InChI is InChI=1S/C78H44N4/c1-5-19-66-60(15-1)72(61-16-2-6-20-67(61)79-66)49-27-31-53(32-28-49)76-65-44-55(56-39-35-51-25-23-45-11-9-13-47-37-41-58(56)74(51)70(45)47)43-64(57-40-36-52-26-24-46-12-10-14-48-38-42-59(57)75(52)71(46)48)77(65)82-78(81-76)54-33-29-50(30-34-54)73-62-17-3-7-21-68(62)80-69-22-8-4-18-63(69)73/h1-44H. The molecule has 0 aliphatic heterocycles. The number of rotatable bonds is 6. The minimum Gasteiger partial charge on any atom is -0.248 e. The van der Waals surface area contributed by atoms with E-state index in [2.05, 4.69) is 267 Å². The van der Waals surface area contributed by atoms with Gasteiger partial charge in [0.25, 0.3) is 0 Å². The lowest BCUT2D eigenvalue weighted by molar-refractivity contribution is 1.23. The van der Waals surface area contributed by atoms with Crippen LogP contribution in [0.4, 0.5) is 0 Å². The van der Waals surface area contributed by atoms with Gasteiger partial charge in [-0.2, -0.15) is 0 Å². The summed E-state index contributed by atoms with van der Waals surface area (Å²) in [4.78, 5) is 21.7. The van der Waals surface area contributed by atoms with Gasteiger partial charge in [0.2, 0.25) is 0 Å². The van der Waals surface area contributed by atoms with Gasteiger partial charge in [0.15, 0.2) is 5.82 Å². The van der Waals surface area contributed by atoms with Crippen molar-refractivity contribution in [3.63, 3.8) is 0 Å². The summed E-state index contributed by atoms with van der Waals surface area (Å²) in [5.41, 5.74) is 16.6. The van der Waals surface area contributed by atoms with Gasteiger partial charge in [-0.1, -0.05) is 231 Å². The van der Waals surface area contributed by atoms with Crippen LogP contribution in [0.1, 0.15) is 0 Å². The molecule has 0 atom stereocenters. The number of para-hydroxylation sites is 4. The van der Waals surface area contributed by atoms with E-state index in [-0.39, 0.29) is 0 Å². The van der Waals surface area contributed by atoms with Gasteiger partial charge in [-0.05, 0) is 129 Å². The molecule has 82 heavy (non-hydrogen) atoms. The number of hydrogen-bond donors (Lipinski definition) is 0. The van der Waals surface area contributed by atoms with E-state index < -0.39 is 0 Å². The van der Waals surface area contributed by atoms with Crippen molar-refractivity contribution in [2.24, 2.45) is 0 Å². The fourth-order valence-corrected chi connectivity index (χ4v) is 13.8. The van der Waals surface area contributed by atoms with Gasteiger partial charge in [-0.25, -0.2) is 19.9 Å². The second kappa shape index (κ2) is 17.3. The minimum atomic E-state index is 0.656. The molecule has 0 amide bonds. The third-order valence-corrected chi connectivity index (χ3v) is 17.5. The van der Waals surface area contributed by atoms with Crippen LogP contribution in [0, 0.1) is 0 Å². The Labute approximate surface area is 470 Å². The van der Waals surface area contributed by atoms with Gasteiger partial charge < -0.3 is 0 Å². The molecule has 0 spiro atoms. The predicted molar refractivity (Wildman–Crippen MR) is 345 cm³/mol. The highest BCUT2D eigenvalue weighted by atomic mass is 14.9. The van der Waals surface area contributed by atoms with Crippen molar-refractivity contribution in [1.82, 2.24) is 19.9 Å². The largest absolute Gasteiger partial charge is 0.248 e. The quantitative estimate of drug-likeness (QED) is 0.123. The molecule has 0 fully saturated rings. The van der Waals surface area contributed by atoms with Crippen molar-refractivity contribution in [3.8, 4) is 67.2 Å². The zero-order chi connectivity index (χ0) is 53.6. The summed E-state index contributed by atoms with van der Waals surface area (Å²) in [6.45, 7) is 0.